The molecule has 0 saturated heterocycles. The average molecular weight is 353 g/mol. The van der Waals surface area contributed by atoms with Gasteiger partial charge in [0.2, 0.25) is 0 Å². The molecule has 1 aromatic heterocycles. The van der Waals surface area contributed by atoms with Gasteiger partial charge >= 0.3 is 6.09 Å². The van der Waals surface area contributed by atoms with Gasteiger partial charge in [-0.1, -0.05) is 30.3 Å². The van der Waals surface area contributed by atoms with Gasteiger partial charge in [-0.3, -0.25) is 4.57 Å². The fraction of sp³-hybridized carbons (Fsp3) is 0.286. The molecule has 5 heteroatoms. The lowest BCUT2D eigenvalue weighted by Crippen LogP contribution is -2.26. The van der Waals surface area contributed by atoms with Gasteiger partial charge < -0.3 is 14.6 Å². The van der Waals surface area contributed by atoms with Crippen molar-refractivity contribution in [1.29, 1.82) is 0 Å². The predicted molar refractivity (Wildman–Crippen MR) is 100 cm³/mol. The van der Waals surface area contributed by atoms with Crippen molar-refractivity contribution in [1.82, 2.24) is 4.57 Å². The van der Waals surface area contributed by atoms with Crippen molar-refractivity contribution in [3.8, 4) is 5.75 Å². The lowest BCUT2D eigenvalue weighted by Gasteiger charge is -2.20. The van der Waals surface area contributed by atoms with E-state index in [0.29, 0.717) is 23.4 Å². The van der Waals surface area contributed by atoms with Crippen LogP contribution in [0.1, 0.15) is 31.9 Å². The first-order valence-corrected chi connectivity index (χ1v) is 8.52. The summed E-state index contributed by atoms with van der Waals surface area (Å²) in [6.45, 7) is 5.70. The number of carbonyl (C=O) groups is 1. The summed E-state index contributed by atoms with van der Waals surface area (Å²) in [4.78, 5) is 12.4. The highest BCUT2D eigenvalue weighted by molar-refractivity contribution is 5.91. The van der Waals surface area contributed by atoms with Crippen molar-refractivity contribution in [2.24, 2.45) is 0 Å². The maximum absolute atomic E-state index is 12.4. The zero-order valence-electron chi connectivity index (χ0n) is 15.2. The van der Waals surface area contributed by atoms with Gasteiger partial charge in [-0.25, -0.2) is 4.79 Å². The van der Waals surface area contributed by atoms with E-state index in [1.807, 2.05) is 63.2 Å². The molecule has 0 aliphatic rings. The molecule has 136 valence electrons. The number of hydrogen-bond donors (Lipinski definition) is 1. The van der Waals surface area contributed by atoms with Crippen molar-refractivity contribution < 1.29 is 19.4 Å². The minimum atomic E-state index is -0.577. The van der Waals surface area contributed by atoms with Crippen LogP contribution in [0, 0.1) is 0 Å². The number of carbonyl (C=O) groups excluding carboxylic acids is 1. The molecule has 2 aromatic carbocycles. The Labute approximate surface area is 152 Å². The van der Waals surface area contributed by atoms with Gasteiger partial charge in [0.1, 0.15) is 18.0 Å². The molecule has 0 spiro atoms. The van der Waals surface area contributed by atoms with Gasteiger partial charge in [0.05, 0.1) is 12.1 Å². The maximum Gasteiger partial charge on any atom is 0.418 e. The van der Waals surface area contributed by atoms with Crippen LogP contribution in [0.4, 0.5) is 4.79 Å². The average Bonchev–Trinajstić information content (AvgIpc) is 3.01. The summed E-state index contributed by atoms with van der Waals surface area (Å²) in [5.41, 5.74) is 1.77. The van der Waals surface area contributed by atoms with Gasteiger partial charge in [0.25, 0.3) is 0 Å². The zero-order chi connectivity index (χ0) is 18.7. The summed E-state index contributed by atoms with van der Waals surface area (Å²) in [5.74, 6) is 0.603. The van der Waals surface area contributed by atoms with E-state index in [1.54, 1.807) is 12.3 Å². The number of hydrogen-bond acceptors (Lipinski definition) is 4. The van der Waals surface area contributed by atoms with E-state index in [-0.39, 0.29) is 6.61 Å². The number of rotatable bonds is 4. The summed E-state index contributed by atoms with van der Waals surface area (Å²) >= 11 is 0. The molecule has 0 atom stereocenters. The van der Waals surface area contributed by atoms with Crippen LogP contribution in [0.3, 0.4) is 0 Å². The molecule has 0 saturated carbocycles. The quantitative estimate of drug-likeness (QED) is 0.750. The highest BCUT2D eigenvalue weighted by atomic mass is 16.6. The molecule has 0 fully saturated rings. The molecule has 0 unspecified atom stereocenters. The summed E-state index contributed by atoms with van der Waals surface area (Å²) in [6.07, 6.45) is 1.22. The van der Waals surface area contributed by atoms with E-state index in [2.05, 4.69) is 0 Å². The third kappa shape index (κ3) is 4.06. The number of benzene rings is 2. The number of nitrogens with zero attached hydrogens (tertiary/aromatic N) is 1. The third-order valence-electron chi connectivity index (χ3n) is 3.87. The van der Waals surface area contributed by atoms with Crippen molar-refractivity contribution in [2.75, 3.05) is 0 Å². The topological polar surface area (TPSA) is 60.7 Å². The zero-order valence-corrected chi connectivity index (χ0v) is 15.2. The molecule has 0 aliphatic heterocycles. The van der Waals surface area contributed by atoms with Gasteiger partial charge in [-0.05, 0) is 44.5 Å². The van der Waals surface area contributed by atoms with Crippen molar-refractivity contribution in [2.45, 2.75) is 39.6 Å². The van der Waals surface area contributed by atoms with Gasteiger partial charge in [-0.2, -0.15) is 0 Å². The Balaban J connectivity index is 1.89. The Hall–Kier alpha value is -2.79. The maximum atomic E-state index is 12.4. The van der Waals surface area contributed by atoms with Crippen LogP contribution in [0.25, 0.3) is 10.9 Å². The standard InChI is InChI=1S/C21H23NO4/c1-21(2,3)26-20(24)22-10-9-16-12-19(17(13-23)11-18(16)22)25-14-15-7-5-4-6-8-15/h4-12,23H,13-14H2,1-3H3. The van der Waals surface area contributed by atoms with Crippen LogP contribution < -0.4 is 4.74 Å². The van der Waals surface area contributed by atoms with Crippen LogP contribution in [-0.2, 0) is 18.0 Å². The Bertz CT molecular complexity index is 907. The van der Waals surface area contributed by atoms with E-state index in [4.69, 9.17) is 9.47 Å². The molecule has 26 heavy (non-hydrogen) atoms. The van der Waals surface area contributed by atoms with E-state index >= 15 is 0 Å². The second-order valence-electron chi connectivity index (χ2n) is 7.12. The van der Waals surface area contributed by atoms with Crippen molar-refractivity contribution in [3.63, 3.8) is 0 Å². The van der Waals surface area contributed by atoms with Crippen molar-refractivity contribution >= 4 is 17.0 Å². The molecule has 3 aromatic rings. The van der Waals surface area contributed by atoms with Gasteiger partial charge in [0.15, 0.2) is 0 Å². The van der Waals surface area contributed by atoms with Gasteiger partial charge in [0, 0.05) is 17.1 Å². The second-order valence-corrected chi connectivity index (χ2v) is 7.12. The summed E-state index contributed by atoms with van der Waals surface area (Å²) < 4.78 is 12.8. The summed E-state index contributed by atoms with van der Waals surface area (Å²) in [5, 5.41) is 10.6. The monoisotopic (exact) mass is 353 g/mol. The van der Waals surface area contributed by atoms with Crippen LogP contribution >= 0.6 is 0 Å². The molecule has 0 aliphatic carbocycles. The first kappa shape index (κ1) is 18.0. The van der Waals surface area contributed by atoms with Crippen LogP contribution in [0.15, 0.2) is 54.7 Å². The van der Waals surface area contributed by atoms with Crippen molar-refractivity contribution in [3.05, 3.63) is 65.9 Å². The Kier molecular flexibility index (Phi) is 5.00. The number of fused-ring (bicyclic) bond motifs is 1. The van der Waals surface area contributed by atoms with Crippen LogP contribution in [0.5, 0.6) is 5.75 Å². The smallest absolute Gasteiger partial charge is 0.418 e. The normalized spacial score (nSPS) is 11.5. The molecule has 3 rings (SSSR count). The summed E-state index contributed by atoms with van der Waals surface area (Å²) in [7, 11) is 0. The number of aromatic nitrogens is 1. The number of ether oxygens (including phenoxy) is 2. The lowest BCUT2D eigenvalue weighted by atomic mass is 10.1. The molecule has 0 amide bonds. The third-order valence-corrected chi connectivity index (χ3v) is 3.87. The number of aliphatic hydroxyl groups excluding tert-OH is 1. The van der Waals surface area contributed by atoms with E-state index in [9.17, 15) is 9.90 Å². The van der Waals surface area contributed by atoms with E-state index < -0.39 is 11.7 Å². The summed E-state index contributed by atoms with van der Waals surface area (Å²) in [6, 6.07) is 15.3. The largest absolute Gasteiger partial charge is 0.489 e. The molecule has 1 heterocycles. The molecule has 5 nitrogen and oxygen atoms in total. The minimum absolute atomic E-state index is 0.181. The van der Waals surface area contributed by atoms with E-state index in [0.717, 1.165) is 10.9 Å². The second kappa shape index (κ2) is 7.22. The predicted octanol–water partition coefficient (Wildman–Crippen LogP) is 4.50. The fourth-order valence-electron chi connectivity index (χ4n) is 2.67. The Morgan fingerprint density at radius 3 is 2.50 bits per heavy atom. The van der Waals surface area contributed by atoms with Crippen LogP contribution in [-0.4, -0.2) is 21.4 Å². The highest BCUT2D eigenvalue weighted by Crippen LogP contribution is 2.28. The van der Waals surface area contributed by atoms with Crippen LogP contribution in [0.2, 0.25) is 0 Å². The molecule has 0 bridgehead atoms. The number of aliphatic hydroxyl groups is 1. The minimum Gasteiger partial charge on any atom is -0.489 e. The first-order chi connectivity index (χ1) is 12.4. The Morgan fingerprint density at radius 1 is 1.12 bits per heavy atom. The van der Waals surface area contributed by atoms with Gasteiger partial charge in [-0.15, -0.1) is 0 Å². The molecular weight excluding hydrogens is 330 g/mol. The highest BCUT2D eigenvalue weighted by Gasteiger charge is 2.20. The van der Waals surface area contributed by atoms with E-state index in [1.165, 1.54) is 4.57 Å². The molecule has 0 radical (unpaired) electrons. The fourth-order valence-corrected chi connectivity index (χ4v) is 2.67. The Morgan fingerprint density at radius 2 is 1.85 bits per heavy atom. The first-order valence-electron chi connectivity index (χ1n) is 8.52. The molecular formula is C21H23NO4. The molecule has 1 N–H and O–H groups in total. The lowest BCUT2D eigenvalue weighted by molar-refractivity contribution is 0.0544. The SMILES string of the molecule is CC(C)(C)OC(=O)n1ccc2cc(OCc3ccccc3)c(CO)cc21.